The number of nitrogens with one attached hydrogen (secondary N) is 2. The zero-order valence-corrected chi connectivity index (χ0v) is 12.7. The fourth-order valence-corrected chi connectivity index (χ4v) is 3.97. The highest BCUT2D eigenvalue weighted by Gasteiger charge is 2.44. The summed E-state index contributed by atoms with van der Waals surface area (Å²) in [5.74, 6) is -1.09. The zero-order valence-electron chi connectivity index (χ0n) is 12.7. The van der Waals surface area contributed by atoms with Crippen molar-refractivity contribution in [3.63, 3.8) is 0 Å². The average molecular weight is 313 g/mol. The van der Waals surface area contributed by atoms with Gasteiger partial charge >= 0.3 is 11.8 Å². The molecular weight excluding hydrogens is 294 g/mol. The molecule has 2 atom stereocenters. The van der Waals surface area contributed by atoms with Gasteiger partial charge in [0.2, 0.25) is 0 Å². The summed E-state index contributed by atoms with van der Waals surface area (Å²) in [6, 6.07) is 7.39. The fourth-order valence-electron chi connectivity index (χ4n) is 3.97. The van der Waals surface area contributed by atoms with Crippen LogP contribution in [0.1, 0.15) is 25.7 Å². The van der Waals surface area contributed by atoms with Crippen molar-refractivity contribution in [3.05, 3.63) is 30.5 Å². The Bertz CT molecular complexity index is 755. The molecule has 0 aliphatic carbocycles. The molecule has 2 aromatic rings. The van der Waals surface area contributed by atoms with Gasteiger partial charge in [-0.15, -0.1) is 0 Å². The quantitative estimate of drug-likeness (QED) is 0.699. The number of carbonyl (C=O) groups excluding carboxylic acids is 2. The molecule has 120 valence electrons. The number of hydrogen-bond donors (Lipinski definition) is 3. The molecule has 23 heavy (non-hydrogen) atoms. The molecule has 1 aromatic carbocycles. The van der Waals surface area contributed by atoms with Gasteiger partial charge in [0.05, 0.1) is 11.8 Å². The Balaban J connectivity index is 1.53. The first-order valence-corrected chi connectivity index (χ1v) is 8.01. The number of aromatic nitrogens is 1. The smallest absolute Gasteiger partial charge is 0.313 e. The van der Waals surface area contributed by atoms with E-state index in [1.807, 2.05) is 18.2 Å². The lowest BCUT2D eigenvalue weighted by molar-refractivity contribution is -0.147. The van der Waals surface area contributed by atoms with Crippen LogP contribution in [0.25, 0.3) is 10.9 Å². The Morgan fingerprint density at radius 1 is 1.17 bits per heavy atom. The highest BCUT2D eigenvalue weighted by atomic mass is 16.3. The van der Waals surface area contributed by atoms with Gasteiger partial charge in [-0.2, -0.15) is 0 Å². The third-order valence-electron chi connectivity index (χ3n) is 4.98. The summed E-state index contributed by atoms with van der Waals surface area (Å²) >= 11 is 0. The average Bonchev–Trinajstić information content (AvgIpc) is 3.10. The van der Waals surface area contributed by atoms with Crippen LogP contribution < -0.4 is 5.32 Å². The van der Waals surface area contributed by atoms with Gasteiger partial charge in [0, 0.05) is 29.2 Å². The van der Waals surface area contributed by atoms with Crippen LogP contribution in [0.4, 0.5) is 5.69 Å². The molecule has 0 saturated carbocycles. The summed E-state index contributed by atoms with van der Waals surface area (Å²) in [4.78, 5) is 29.7. The molecular formula is C17H19N3O3. The molecule has 2 amide bonds. The molecule has 0 radical (unpaired) electrons. The molecule has 2 fully saturated rings. The predicted molar refractivity (Wildman–Crippen MR) is 85.8 cm³/mol. The molecule has 0 spiro atoms. The molecule has 2 aliphatic rings. The summed E-state index contributed by atoms with van der Waals surface area (Å²) in [6.45, 7) is 0. The van der Waals surface area contributed by atoms with Crippen LogP contribution in [0.3, 0.4) is 0 Å². The maximum absolute atomic E-state index is 12.6. The Labute approximate surface area is 133 Å². The maximum atomic E-state index is 12.6. The van der Waals surface area contributed by atoms with E-state index in [0.29, 0.717) is 18.5 Å². The number of amides is 2. The van der Waals surface area contributed by atoms with Crippen LogP contribution in [0, 0.1) is 0 Å². The number of nitrogens with zero attached hydrogens (tertiary/aromatic N) is 1. The molecule has 6 heteroatoms. The number of rotatable bonds is 1. The fraction of sp³-hybridized carbons (Fsp3) is 0.412. The normalized spacial score (nSPS) is 26.5. The van der Waals surface area contributed by atoms with Gasteiger partial charge in [-0.1, -0.05) is 6.07 Å². The van der Waals surface area contributed by atoms with Gasteiger partial charge in [-0.25, -0.2) is 0 Å². The first kappa shape index (κ1) is 14.3. The number of H-pyrrole nitrogens is 1. The Morgan fingerprint density at radius 3 is 2.65 bits per heavy atom. The van der Waals surface area contributed by atoms with Gasteiger partial charge in [0.15, 0.2) is 0 Å². The molecule has 6 nitrogen and oxygen atoms in total. The van der Waals surface area contributed by atoms with E-state index in [2.05, 4.69) is 10.3 Å². The lowest BCUT2D eigenvalue weighted by atomic mass is 10.00. The number of aromatic amines is 1. The molecule has 2 saturated heterocycles. The molecule has 2 aliphatic heterocycles. The summed E-state index contributed by atoms with van der Waals surface area (Å²) in [5.41, 5.74) is 1.54. The third-order valence-corrected chi connectivity index (χ3v) is 4.98. The van der Waals surface area contributed by atoms with Crippen molar-refractivity contribution in [1.82, 2.24) is 9.88 Å². The Hall–Kier alpha value is -2.34. The second kappa shape index (κ2) is 5.38. The molecule has 3 heterocycles. The van der Waals surface area contributed by atoms with Crippen molar-refractivity contribution in [2.45, 2.75) is 43.9 Å². The SMILES string of the molecule is O=C(Nc1cccc2[nH]ccc12)C(=O)N1[C@H]2CC[C@H]1CC(O)C2. The van der Waals surface area contributed by atoms with Crippen LogP contribution in [-0.4, -0.2) is 45.0 Å². The minimum absolute atomic E-state index is 0.00921. The first-order chi connectivity index (χ1) is 11.1. The largest absolute Gasteiger partial charge is 0.393 e. The second-order valence-corrected chi connectivity index (χ2v) is 6.42. The van der Waals surface area contributed by atoms with E-state index in [0.717, 1.165) is 23.7 Å². The van der Waals surface area contributed by atoms with E-state index in [-0.39, 0.29) is 18.2 Å². The standard InChI is InChI=1S/C17H19N3O3/c21-12-8-10-4-5-11(9-12)20(10)17(23)16(22)19-15-3-1-2-14-13(15)6-7-18-14/h1-3,6-7,10-12,18,21H,4-5,8-9H2,(H,19,22)/t10-,11-/m0/s1. The number of carbonyl (C=O) groups is 2. The molecule has 4 rings (SSSR count). The first-order valence-electron chi connectivity index (χ1n) is 8.01. The van der Waals surface area contributed by atoms with Gasteiger partial charge in [0.25, 0.3) is 0 Å². The van der Waals surface area contributed by atoms with Crippen molar-refractivity contribution in [2.24, 2.45) is 0 Å². The van der Waals surface area contributed by atoms with Crippen molar-refractivity contribution in [2.75, 3.05) is 5.32 Å². The minimum atomic E-state index is -0.605. The molecule has 1 aromatic heterocycles. The third kappa shape index (κ3) is 2.39. The summed E-state index contributed by atoms with van der Waals surface area (Å²) in [7, 11) is 0. The van der Waals surface area contributed by atoms with Gasteiger partial charge in [0.1, 0.15) is 0 Å². The number of fused-ring (bicyclic) bond motifs is 3. The van der Waals surface area contributed by atoms with E-state index in [1.54, 1.807) is 17.2 Å². The van der Waals surface area contributed by atoms with Crippen molar-refractivity contribution >= 4 is 28.4 Å². The number of aliphatic hydroxyl groups is 1. The van der Waals surface area contributed by atoms with Gasteiger partial charge in [-0.05, 0) is 43.9 Å². The number of benzene rings is 1. The van der Waals surface area contributed by atoms with E-state index < -0.39 is 11.8 Å². The molecule has 3 N–H and O–H groups in total. The van der Waals surface area contributed by atoms with Crippen LogP contribution in [0.5, 0.6) is 0 Å². The lowest BCUT2D eigenvalue weighted by Crippen LogP contribution is -2.51. The monoisotopic (exact) mass is 313 g/mol. The molecule has 2 bridgehead atoms. The van der Waals surface area contributed by atoms with E-state index in [1.165, 1.54) is 0 Å². The van der Waals surface area contributed by atoms with Crippen LogP contribution in [-0.2, 0) is 9.59 Å². The number of aliphatic hydroxyl groups excluding tert-OH is 1. The predicted octanol–water partition coefficient (Wildman–Crippen LogP) is 1.62. The highest BCUT2D eigenvalue weighted by molar-refractivity contribution is 6.40. The Morgan fingerprint density at radius 2 is 1.91 bits per heavy atom. The second-order valence-electron chi connectivity index (χ2n) is 6.42. The topological polar surface area (TPSA) is 85.4 Å². The van der Waals surface area contributed by atoms with E-state index >= 15 is 0 Å². The van der Waals surface area contributed by atoms with E-state index in [9.17, 15) is 14.7 Å². The lowest BCUT2D eigenvalue weighted by Gasteiger charge is -2.36. The number of piperidine rings is 1. The summed E-state index contributed by atoms with van der Waals surface area (Å²) in [5, 5.41) is 13.4. The van der Waals surface area contributed by atoms with Crippen molar-refractivity contribution in [3.8, 4) is 0 Å². The van der Waals surface area contributed by atoms with Crippen LogP contribution >= 0.6 is 0 Å². The van der Waals surface area contributed by atoms with Gasteiger partial charge in [-0.3, -0.25) is 9.59 Å². The van der Waals surface area contributed by atoms with Gasteiger partial charge < -0.3 is 20.3 Å². The van der Waals surface area contributed by atoms with Crippen LogP contribution in [0.15, 0.2) is 30.5 Å². The van der Waals surface area contributed by atoms with Crippen LogP contribution in [0.2, 0.25) is 0 Å². The number of anilines is 1. The Kier molecular flexibility index (Phi) is 3.34. The van der Waals surface area contributed by atoms with E-state index in [4.69, 9.17) is 0 Å². The van der Waals surface area contributed by atoms with Crippen molar-refractivity contribution < 1.29 is 14.7 Å². The highest BCUT2D eigenvalue weighted by Crippen LogP contribution is 2.36. The summed E-state index contributed by atoms with van der Waals surface area (Å²) in [6.07, 6.45) is 4.33. The number of hydrogen-bond acceptors (Lipinski definition) is 3. The zero-order chi connectivity index (χ0) is 16.0. The summed E-state index contributed by atoms with van der Waals surface area (Å²) < 4.78 is 0. The minimum Gasteiger partial charge on any atom is -0.393 e. The van der Waals surface area contributed by atoms with Crippen molar-refractivity contribution in [1.29, 1.82) is 0 Å². The maximum Gasteiger partial charge on any atom is 0.313 e. The molecule has 0 unspecified atom stereocenters.